The highest BCUT2D eigenvalue weighted by Crippen LogP contribution is 2.45. The van der Waals surface area contributed by atoms with Crippen molar-refractivity contribution in [3.63, 3.8) is 0 Å². The van der Waals surface area contributed by atoms with Crippen molar-refractivity contribution in [3.8, 4) is 0 Å². The van der Waals surface area contributed by atoms with Crippen molar-refractivity contribution in [2.75, 3.05) is 6.61 Å². The predicted molar refractivity (Wildman–Crippen MR) is 112 cm³/mol. The topological polar surface area (TPSA) is 9.23 Å². The van der Waals surface area contributed by atoms with Crippen LogP contribution in [-0.4, -0.2) is 12.7 Å². The zero-order chi connectivity index (χ0) is 18.2. The smallest absolute Gasteiger partial charge is 0.0577 e. The molecule has 26 heavy (non-hydrogen) atoms. The molecule has 0 aromatic rings. The lowest BCUT2D eigenvalue weighted by atomic mass is 9.65. The summed E-state index contributed by atoms with van der Waals surface area (Å²) in [5.41, 5.74) is 0. The van der Waals surface area contributed by atoms with Crippen LogP contribution in [0.1, 0.15) is 117 Å². The zero-order valence-corrected chi connectivity index (χ0v) is 17.9. The molecule has 0 saturated heterocycles. The van der Waals surface area contributed by atoms with E-state index < -0.39 is 0 Å². The van der Waals surface area contributed by atoms with Gasteiger partial charge in [-0.25, -0.2) is 0 Å². The third-order valence-electron chi connectivity index (χ3n) is 8.26. The Hall–Kier alpha value is -0.0400. The molecule has 0 spiro atoms. The summed E-state index contributed by atoms with van der Waals surface area (Å²) in [4.78, 5) is 0. The zero-order valence-electron chi connectivity index (χ0n) is 17.9. The summed E-state index contributed by atoms with van der Waals surface area (Å²) in [6, 6.07) is 0. The highest BCUT2D eigenvalue weighted by molar-refractivity contribution is 4.86. The minimum Gasteiger partial charge on any atom is -0.378 e. The van der Waals surface area contributed by atoms with E-state index in [1.165, 1.54) is 77.0 Å². The molecule has 152 valence electrons. The van der Waals surface area contributed by atoms with Crippen LogP contribution in [0.3, 0.4) is 0 Å². The molecule has 0 aromatic heterocycles. The molecule has 0 N–H and O–H groups in total. The van der Waals surface area contributed by atoms with Crippen LogP contribution in [0.25, 0.3) is 0 Å². The van der Waals surface area contributed by atoms with Gasteiger partial charge < -0.3 is 4.74 Å². The fourth-order valence-electron chi connectivity index (χ4n) is 6.60. The molecular formula is C25H46O. The van der Waals surface area contributed by atoms with Crippen molar-refractivity contribution < 1.29 is 4.74 Å². The third kappa shape index (κ3) is 5.98. The normalized spacial score (nSPS) is 39.0. The summed E-state index contributed by atoms with van der Waals surface area (Å²) in [7, 11) is 0. The van der Waals surface area contributed by atoms with Gasteiger partial charge in [0.15, 0.2) is 0 Å². The molecule has 1 heteroatoms. The molecule has 0 amide bonds. The van der Waals surface area contributed by atoms with Crippen LogP contribution in [-0.2, 0) is 4.74 Å². The van der Waals surface area contributed by atoms with Crippen LogP contribution in [0.15, 0.2) is 0 Å². The molecule has 3 aliphatic carbocycles. The highest BCUT2D eigenvalue weighted by Gasteiger charge is 2.35. The SMILES string of the molecule is CCCCO[C@@H]1CCC[C@H](C2CCC(C3CCC(CCC)CC3)CC2)C1. The Labute approximate surface area is 164 Å². The van der Waals surface area contributed by atoms with Gasteiger partial charge in [0.25, 0.3) is 0 Å². The van der Waals surface area contributed by atoms with E-state index in [1.807, 2.05) is 0 Å². The molecule has 3 rings (SSSR count). The van der Waals surface area contributed by atoms with E-state index >= 15 is 0 Å². The minimum atomic E-state index is 0.590. The summed E-state index contributed by atoms with van der Waals surface area (Å²) < 4.78 is 6.19. The molecule has 0 aromatic carbocycles. The number of ether oxygens (including phenoxy) is 1. The molecule has 0 heterocycles. The van der Waals surface area contributed by atoms with Crippen LogP contribution < -0.4 is 0 Å². The van der Waals surface area contributed by atoms with Gasteiger partial charge in [-0.3, -0.25) is 0 Å². The molecule has 0 radical (unpaired) electrons. The first-order valence-electron chi connectivity index (χ1n) is 12.4. The van der Waals surface area contributed by atoms with E-state index in [9.17, 15) is 0 Å². The van der Waals surface area contributed by atoms with E-state index in [2.05, 4.69) is 13.8 Å². The molecule has 0 unspecified atom stereocenters. The molecular weight excluding hydrogens is 316 g/mol. The first-order chi connectivity index (χ1) is 12.8. The summed E-state index contributed by atoms with van der Waals surface area (Å²) in [6.45, 7) is 5.63. The van der Waals surface area contributed by atoms with Gasteiger partial charge in [-0.15, -0.1) is 0 Å². The lowest BCUT2D eigenvalue weighted by Gasteiger charge is -2.41. The van der Waals surface area contributed by atoms with Gasteiger partial charge in [0.05, 0.1) is 6.10 Å². The Balaban J connectivity index is 1.37. The highest BCUT2D eigenvalue weighted by atomic mass is 16.5. The van der Waals surface area contributed by atoms with Crippen molar-refractivity contribution in [2.24, 2.45) is 29.6 Å². The Morgan fingerprint density at radius 1 is 0.654 bits per heavy atom. The quantitative estimate of drug-likeness (QED) is 0.401. The number of hydrogen-bond acceptors (Lipinski definition) is 1. The van der Waals surface area contributed by atoms with E-state index in [-0.39, 0.29) is 0 Å². The number of hydrogen-bond donors (Lipinski definition) is 0. The standard InChI is InChI=1S/C25H46O/c1-3-5-18-26-25-9-6-8-24(19-25)23-16-14-22(15-17-23)21-12-10-20(7-4-2)11-13-21/h20-25H,3-19H2,1-2H3/t20?,21?,22?,23?,24-,25+/m0/s1. The lowest BCUT2D eigenvalue weighted by molar-refractivity contribution is -0.00500. The maximum Gasteiger partial charge on any atom is 0.0577 e. The maximum atomic E-state index is 6.19. The largest absolute Gasteiger partial charge is 0.378 e. The third-order valence-corrected chi connectivity index (χ3v) is 8.26. The average Bonchev–Trinajstić information content (AvgIpc) is 2.70. The Kier molecular flexibility index (Phi) is 8.82. The first kappa shape index (κ1) is 20.7. The monoisotopic (exact) mass is 362 g/mol. The van der Waals surface area contributed by atoms with Crippen molar-refractivity contribution >= 4 is 0 Å². The van der Waals surface area contributed by atoms with E-state index in [0.717, 1.165) is 36.2 Å². The van der Waals surface area contributed by atoms with E-state index in [1.54, 1.807) is 25.7 Å². The maximum absolute atomic E-state index is 6.19. The van der Waals surface area contributed by atoms with Crippen molar-refractivity contribution in [1.82, 2.24) is 0 Å². The minimum absolute atomic E-state index is 0.590. The van der Waals surface area contributed by atoms with Gasteiger partial charge in [-0.05, 0) is 93.8 Å². The summed E-state index contributed by atoms with van der Waals surface area (Å²) in [5.74, 6) is 5.24. The van der Waals surface area contributed by atoms with Gasteiger partial charge >= 0.3 is 0 Å². The van der Waals surface area contributed by atoms with Crippen molar-refractivity contribution in [1.29, 1.82) is 0 Å². The Morgan fingerprint density at radius 3 is 1.88 bits per heavy atom. The molecule has 3 fully saturated rings. The van der Waals surface area contributed by atoms with Crippen LogP contribution in [0.2, 0.25) is 0 Å². The van der Waals surface area contributed by atoms with Gasteiger partial charge in [0.2, 0.25) is 0 Å². The fourth-order valence-corrected chi connectivity index (χ4v) is 6.60. The molecule has 0 bridgehead atoms. The van der Waals surface area contributed by atoms with Crippen LogP contribution >= 0.6 is 0 Å². The number of rotatable bonds is 8. The Bertz CT molecular complexity index is 362. The molecule has 3 saturated carbocycles. The average molecular weight is 363 g/mol. The second kappa shape index (κ2) is 11.1. The summed E-state index contributed by atoms with van der Waals surface area (Å²) >= 11 is 0. The second-order valence-electron chi connectivity index (χ2n) is 10.0. The Morgan fingerprint density at radius 2 is 1.27 bits per heavy atom. The van der Waals surface area contributed by atoms with Crippen LogP contribution in [0.4, 0.5) is 0 Å². The second-order valence-corrected chi connectivity index (χ2v) is 10.0. The summed E-state index contributed by atoms with van der Waals surface area (Å²) in [6.07, 6.45) is 23.9. The molecule has 3 aliphatic rings. The molecule has 0 aliphatic heterocycles. The number of unbranched alkanes of at least 4 members (excludes halogenated alkanes) is 1. The van der Waals surface area contributed by atoms with Crippen LogP contribution in [0.5, 0.6) is 0 Å². The van der Waals surface area contributed by atoms with E-state index in [0.29, 0.717) is 6.10 Å². The van der Waals surface area contributed by atoms with Crippen molar-refractivity contribution in [3.05, 3.63) is 0 Å². The van der Waals surface area contributed by atoms with Crippen LogP contribution in [0, 0.1) is 29.6 Å². The van der Waals surface area contributed by atoms with Gasteiger partial charge in [-0.1, -0.05) is 52.4 Å². The van der Waals surface area contributed by atoms with Crippen molar-refractivity contribution in [2.45, 2.75) is 123 Å². The first-order valence-corrected chi connectivity index (χ1v) is 12.4. The lowest BCUT2D eigenvalue weighted by Crippen LogP contribution is -2.32. The van der Waals surface area contributed by atoms with E-state index in [4.69, 9.17) is 4.74 Å². The fraction of sp³-hybridized carbons (Fsp3) is 1.00. The van der Waals surface area contributed by atoms with Gasteiger partial charge in [0.1, 0.15) is 0 Å². The molecule has 1 nitrogen and oxygen atoms in total. The molecule has 2 atom stereocenters. The van der Waals surface area contributed by atoms with Gasteiger partial charge in [-0.2, -0.15) is 0 Å². The summed E-state index contributed by atoms with van der Waals surface area (Å²) in [5, 5.41) is 0. The predicted octanol–water partition coefficient (Wildman–Crippen LogP) is 7.77. The van der Waals surface area contributed by atoms with Gasteiger partial charge in [0, 0.05) is 6.61 Å².